The molecule has 70 valence electrons. The van der Waals surface area contributed by atoms with Crippen molar-refractivity contribution >= 4 is 5.91 Å². The highest BCUT2D eigenvalue weighted by molar-refractivity contribution is 5.79. The molecule has 1 amide bonds. The first-order chi connectivity index (χ1) is 6.20. The summed E-state index contributed by atoms with van der Waals surface area (Å²) in [5.74, 6) is 0.842. The quantitative estimate of drug-likeness (QED) is 0.619. The summed E-state index contributed by atoms with van der Waals surface area (Å²) in [6.45, 7) is 0. The number of nitrogens with zero attached hydrogens (tertiary/aromatic N) is 2. The first-order valence-corrected chi connectivity index (χ1v) is 4.20. The Labute approximate surface area is 75.9 Å². The van der Waals surface area contributed by atoms with Crippen molar-refractivity contribution in [2.24, 2.45) is 5.73 Å². The molecule has 1 aromatic heterocycles. The number of carbonyl (C=O) groups excluding carboxylic acids is 1. The number of nitrogens with two attached hydrogens (primary N) is 1. The van der Waals surface area contributed by atoms with Gasteiger partial charge in [0.1, 0.15) is 11.9 Å². The molecule has 1 aromatic rings. The summed E-state index contributed by atoms with van der Waals surface area (Å²) in [4.78, 5) is 20.0. The van der Waals surface area contributed by atoms with E-state index in [9.17, 15) is 4.79 Å². The third-order valence-electron chi connectivity index (χ3n) is 2.43. The Hall–Kier alpha value is -1.36. The van der Waals surface area contributed by atoms with Gasteiger partial charge >= 0.3 is 0 Å². The molecular formula is C8H12N4O. The molecule has 5 heteroatoms. The Balaban J connectivity index is 2.29. The van der Waals surface area contributed by atoms with E-state index in [0.717, 1.165) is 5.82 Å². The van der Waals surface area contributed by atoms with Crippen molar-refractivity contribution in [3.63, 3.8) is 0 Å². The third kappa shape index (κ3) is 1.21. The summed E-state index contributed by atoms with van der Waals surface area (Å²) in [7, 11) is 1.75. The summed E-state index contributed by atoms with van der Waals surface area (Å²) in [5.41, 5.74) is 5.83. The normalized spacial score (nSPS) is 28.5. The summed E-state index contributed by atoms with van der Waals surface area (Å²) >= 11 is 0. The van der Waals surface area contributed by atoms with Gasteiger partial charge in [-0.25, -0.2) is 4.98 Å². The van der Waals surface area contributed by atoms with Gasteiger partial charge in [0.25, 0.3) is 0 Å². The van der Waals surface area contributed by atoms with Gasteiger partial charge in [-0.05, 0) is 0 Å². The molecule has 2 atom stereocenters. The van der Waals surface area contributed by atoms with Crippen LogP contribution in [-0.4, -0.2) is 33.9 Å². The molecule has 0 spiro atoms. The van der Waals surface area contributed by atoms with Crippen LogP contribution in [-0.2, 0) is 4.79 Å². The number of imidazole rings is 1. The molecule has 0 saturated carbocycles. The van der Waals surface area contributed by atoms with Gasteiger partial charge in [0.2, 0.25) is 5.91 Å². The van der Waals surface area contributed by atoms with Gasteiger partial charge in [-0.2, -0.15) is 0 Å². The van der Waals surface area contributed by atoms with Crippen molar-refractivity contribution in [1.82, 2.24) is 14.9 Å². The number of hydrogen-bond acceptors (Lipinski definition) is 3. The zero-order chi connectivity index (χ0) is 9.42. The molecule has 3 N–H and O–H groups in total. The lowest BCUT2D eigenvalue weighted by Gasteiger charge is -2.20. The number of aromatic nitrogens is 2. The Bertz CT molecular complexity index is 308. The Morgan fingerprint density at radius 3 is 3.00 bits per heavy atom. The van der Waals surface area contributed by atoms with Gasteiger partial charge < -0.3 is 15.6 Å². The summed E-state index contributed by atoms with van der Waals surface area (Å²) in [6.07, 6.45) is 3.80. The number of rotatable bonds is 1. The molecule has 2 rings (SSSR count). The maximum Gasteiger partial charge on any atom is 0.224 e. The van der Waals surface area contributed by atoms with Crippen LogP contribution >= 0.6 is 0 Å². The van der Waals surface area contributed by atoms with Gasteiger partial charge in [0, 0.05) is 31.9 Å². The second kappa shape index (κ2) is 2.85. The highest BCUT2D eigenvalue weighted by Crippen LogP contribution is 2.27. The van der Waals surface area contributed by atoms with Crippen molar-refractivity contribution in [2.75, 3.05) is 7.05 Å². The van der Waals surface area contributed by atoms with Gasteiger partial charge in [-0.3, -0.25) is 4.79 Å². The largest absolute Gasteiger partial charge is 0.347 e. The fraction of sp³-hybridized carbons (Fsp3) is 0.500. The fourth-order valence-corrected chi connectivity index (χ4v) is 1.73. The van der Waals surface area contributed by atoms with Crippen molar-refractivity contribution in [3.05, 3.63) is 18.2 Å². The molecule has 2 unspecified atom stereocenters. The minimum absolute atomic E-state index is 0.0777. The average molecular weight is 180 g/mol. The number of H-pyrrole nitrogens is 1. The van der Waals surface area contributed by atoms with E-state index in [1.807, 2.05) is 0 Å². The lowest BCUT2D eigenvalue weighted by Crippen LogP contribution is -2.31. The maximum atomic E-state index is 11.3. The van der Waals surface area contributed by atoms with E-state index in [1.54, 1.807) is 24.3 Å². The molecule has 1 saturated heterocycles. The fourth-order valence-electron chi connectivity index (χ4n) is 1.73. The van der Waals surface area contributed by atoms with Crippen molar-refractivity contribution in [1.29, 1.82) is 0 Å². The average Bonchev–Trinajstić information content (AvgIpc) is 2.63. The number of carbonyl (C=O) groups is 1. The van der Waals surface area contributed by atoms with Crippen LogP contribution in [0.5, 0.6) is 0 Å². The SMILES string of the molecule is CN1C(=O)CC(N)C1c1ncc[nH]1. The Morgan fingerprint density at radius 1 is 1.77 bits per heavy atom. The van der Waals surface area contributed by atoms with Crippen molar-refractivity contribution < 1.29 is 4.79 Å². The molecule has 1 fully saturated rings. The number of hydrogen-bond donors (Lipinski definition) is 2. The Kier molecular flexibility index (Phi) is 1.81. The third-order valence-corrected chi connectivity index (χ3v) is 2.43. The standard InChI is InChI=1S/C8H12N4O/c1-12-6(13)4-5(9)7(12)8-10-2-3-11-8/h2-3,5,7H,4,9H2,1H3,(H,10,11). The van der Waals surface area contributed by atoms with Gasteiger partial charge in [-0.1, -0.05) is 0 Å². The smallest absolute Gasteiger partial charge is 0.224 e. The molecule has 0 bridgehead atoms. The molecule has 0 radical (unpaired) electrons. The zero-order valence-corrected chi connectivity index (χ0v) is 7.40. The zero-order valence-electron chi connectivity index (χ0n) is 7.40. The number of likely N-dealkylation sites (N-methyl/N-ethyl adjacent to an activating group) is 1. The lowest BCUT2D eigenvalue weighted by molar-refractivity contribution is -0.127. The van der Waals surface area contributed by atoms with Gasteiger partial charge in [0.15, 0.2) is 0 Å². The topological polar surface area (TPSA) is 75.0 Å². The van der Waals surface area contributed by atoms with Crippen LogP contribution in [0.4, 0.5) is 0 Å². The second-order valence-electron chi connectivity index (χ2n) is 3.29. The minimum Gasteiger partial charge on any atom is -0.347 e. The van der Waals surface area contributed by atoms with E-state index < -0.39 is 0 Å². The van der Waals surface area contributed by atoms with Crippen LogP contribution in [0.2, 0.25) is 0 Å². The van der Waals surface area contributed by atoms with Gasteiger partial charge in [0.05, 0.1) is 0 Å². The molecule has 2 heterocycles. The minimum atomic E-state index is -0.149. The van der Waals surface area contributed by atoms with Crippen LogP contribution in [0, 0.1) is 0 Å². The second-order valence-corrected chi connectivity index (χ2v) is 3.29. The molecule has 0 aromatic carbocycles. The van der Waals surface area contributed by atoms with E-state index in [4.69, 9.17) is 5.73 Å². The monoisotopic (exact) mass is 180 g/mol. The number of likely N-dealkylation sites (tertiary alicyclic amines) is 1. The highest BCUT2D eigenvalue weighted by atomic mass is 16.2. The van der Waals surface area contributed by atoms with E-state index in [2.05, 4.69) is 9.97 Å². The molecule has 0 aliphatic carbocycles. The van der Waals surface area contributed by atoms with Crippen LogP contribution in [0.15, 0.2) is 12.4 Å². The van der Waals surface area contributed by atoms with Crippen molar-refractivity contribution in [3.8, 4) is 0 Å². The van der Waals surface area contributed by atoms with E-state index in [1.165, 1.54) is 0 Å². The van der Waals surface area contributed by atoms with Crippen LogP contribution in [0.1, 0.15) is 18.3 Å². The van der Waals surface area contributed by atoms with Crippen LogP contribution in [0.25, 0.3) is 0 Å². The molecule has 5 nitrogen and oxygen atoms in total. The van der Waals surface area contributed by atoms with Crippen LogP contribution < -0.4 is 5.73 Å². The van der Waals surface area contributed by atoms with Crippen molar-refractivity contribution in [2.45, 2.75) is 18.5 Å². The number of nitrogens with one attached hydrogen (secondary N) is 1. The van der Waals surface area contributed by atoms with Crippen LogP contribution in [0.3, 0.4) is 0 Å². The first-order valence-electron chi connectivity index (χ1n) is 4.20. The predicted octanol–water partition coefficient (Wildman–Crippen LogP) is -0.360. The molecule has 13 heavy (non-hydrogen) atoms. The lowest BCUT2D eigenvalue weighted by atomic mass is 10.1. The molecular weight excluding hydrogens is 168 g/mol. The Morgan fingerprint density at radius 2 is 2.54 bits per heavy atom. The summed E-state index contributed by atoms with van der Waals surface area (Å²) in [6, 6.07) is -0.244. The van der Waals surface area contributed by atoms with E-state index in [0.29, 0.717) is 6.42 Å². The van der Waals surface area contributed by atoms with E-state index >= 15 is 0 Å². The number of amides is 1. The molecule has 1 aliphatic heterocycles. The summed E-state index contributed by atoms with van der Waals surface area (Å²) < 4.78 is 0. The predicted molar refractivity (Wildman–Crippen MR) is 46.7 cm³/mol. The highest BCUT2D eigenvalue weighted by Gasteiger charge is 2.37. The number of aromatic amines is 1. The van der Waals surface area contributed by atoms with E-state index in [-0.39, 0.29) is 18.0 Å². The first kappa shape index (κ1) is 8.25. The maximum absolute atomic E-state index is 11.3. The molecule has 1 aliphatic rings. The summed E-state index contributed by atoms with van der Waals surface area (Å²) in [5, 5.41) is 0. The van der Waals surface area contributed by atoms with Gasteiger partial charge in [-0.15, -0.1) is 0 Å².